The number of methoxy groups -OCH3 is 1. The van der Waals surface area contributed by atoms with Crippen LogP contribution < -0.4 is 16.4 Å². The Labute approximate surface area is 105 Å². The zero-order valence-corrected chi connectivity index (χ0v) is 10.2. The van der Waals surface area contributed by atoms with Gasteiger partial charge in [0.05, 0.1) is 13.2 Å². The number of nitrogens with one attached hydrogen (secondary N) is 2. The summed E-state index contributed by atoms with van der Waals surface area (Å²) in [5.41, 5.74) is 6.73. The van der Waals surface area contributed by atoms with E-state index >= 15 is 0 Å². The largest absolute Gasteiger partial charge is 0.384 e. The van der Waals surface area contributed by atoms with E-state index in [1.54, 1.807) is 7.11 Å². The SMILES string of the molecule is COCCc1ccccc1NCC(=O)NC(N)=O. The summed E-state index contributed by atoms with van der Waals surface area (Å²) in [6, 6.07) is 6.75. The minimum Gasteiger partial charge on any atom is -0.384 e. The first-order chi connectivity index (χ1) is 8.63. The van der Waals surface area contributed by atoms with E-state index in [4.69, 9.17) is 10.5 Å². The number of primary amides is 1. The van der Waals surface area contributed by atoms with Crippen molar-refractivity contribution in [2.75, 3.05) is 25.6 Å². The minimum absolute atomic E-state index is 0.00701. The van der Waals surface area contributed by atoms with Gasteiger partial charge in [0.25, 0.3) is 0 Å². The number of carbonyl (C=O) groups excluding carboxylic acids is 2. The minimum atomic E-state index is -0.852. The van der Waals surface area contributed by atoms with Crippen LogP contribution in [0.5, 0.6) is 0 Å². The van der Waals surface area contributed by atoms with Gasteiger partial charge in [-0.3, -0.25) is 10.1 Å². The molecule has 0 radical (unpaired) electrons. The average Bonchev–Trinajstić information content (AvgIpc) is 2.34. The van der Waals surface area contributed by atoms with Crippen LogP contribution in [0.15, 0.2) is 24.3 Å². The molecule has 0 atom stereocenters. The molecular weight excluding hydrogens is 234 g/mol. The van der Waals surface area contributed by atoms with E-state index in [0.717, 1.165) is 17.7 Å². The molecule has 0 saturated heterocycles. The van der Waals surface area contributed by atoms with Gasteiger partial charge in [0.1, 0.15) is 0 Å². The van der Waals surface area contributed by atoms with Gasteiger partial charge in [-0.15, -0.1) is 0 Å². The van der Waals surface area contributed by atoms with Gasteiger partial charge >= 0.3 is 6.03 Å². The standard InChI is InChI=1S/C12H17N3O3/c1-18-7-6-9-4-2-3-5-10(9)14-8-11(16)15-12(13)17/h2-5,14H,6-8H2,1H3,(H3,13,15,16,17). The van der Waals surface area contributed by atoms with Gasteiger partial charge in [0.15, 0.2) is 0 Å². The monoisotopic (exact) mass is 251 g/mol. The summed E-state index contributed by atoms with van der Waals surface area (Å²) < 4.78 is 5.01. The molecule has 1 rings (SSSR count). The molecule has 0 fully saturated rings. The summed E-state index contributed by atoms with van der Waals surface area (Å²) in [5, 5.41) is 4.94. The Balaban J connectivity index is 2.55. The smallest absolute Gasteiger partial charge is 0.318 e. The van der Waals surface area contributed by atoms with Crippen molar-refractivity contribution in [1.29, 1.82) is 0 Å². The molecule has 0 heterocycles. The van der Waals surface area contributed by atoms with Gasteiger partial charge in [0, 0.05) is 12.8 Å². The van der Waals surface area contributed by atoms with Crippen LogP contribution in [0.2, 0.25) is 0 Å². The molecule has 1 aromatic carbocycles. The van der Waals surface area contributed by atoms with E-state index in [9.17, 15) is 9.59 Å². The van der Waals surface area contributed by atoms with Crippen molar-refractivity contribution in [2.45, 2.75) is 6.42 Å². The second kappa shape index (κ2) is 7.29. The maximum atomic E-state index is 11.3. The summed E-state index contributed by atoms with van der Waals surface area (Å²) in [6.45, 7) is 0.596. The molecule has 98 valence electrons. The number of carbonyl (C=O) groups is 2. The third-order valence-corrected chi connectivity index (χ3v) is 2.29. The highest BCUT2D eigenvalue weighted by atomic mass is 16.5. The van der Waals surface area contributed by atoms with Crippen LogP contribution in [0, 0.1) is 0 Å². The Morgan fingerprint density at radius 1 is 1.33 bits per heavy atom. The van der Waals surface area contributed by atoms with E-state index < -0.39 is 11.9 Å². The first-order valence-electron chi connectivity index (χ1n) is 5.53. The number of urea groups is 1. The lowest BCUT2D eigenvalue weighted by atomic mass is 10.1. The van der Waals surface area contributed by atoms with Crippen LogP contribution in [0.1, 0.15) is 5.56 Å². The van der Waals surface area contributed by atoms with E-state index in [0.29, 0.717) is 6.61 Å². The molecule has 0 unspecified atom stereocenters. The summed E-state index contributed by atoms with van der Waals surface area (Å²) in [4.78, 5) is 21.7. The highest BCUT2D eigenvalue weighted by Crippen LogP contribution is 2.15. The Morgan fingerprint density at radius 3 is 2.72 bits per heavy atom. The summed E-state index contributed by atoms with van der Waals surface area (Å²) in [7, 11) is 1.64. The maximum absolute atomic E-state index is 11.3. The van der Waals surface area contributed by atoms with Gasteiger partial charge in [-0.1, -0.05) is 18.2 Å². The van der Waals surface area contributed by atoms with E-state index in [1.807, 2.05) is 29.6 Å². The zero-order valence-electron chi connectivity index (χ0n) is 10.2. The van der Waals surface area contributed by atoms with Crippen molar-refractivity contribution in [2.24, 2.45) is 5.73 Å². The van der Waals surface area contributed by atoms with Crippen molar-refractivity contribution in [1.82, 2.24) is 5.32 Å². The van der Waals surface area contributed by atoms with Crippen LogP contribution in [0.3, 0.4) is 0 Å². The second-order valence-corrected chi connectivity index (χ2v) is 3.67. The van der Waals surface area contributed by atoms with Crippen molar-refractivity contribution in [3.63, 3.8) is 0 Å². The molecule has 3 amide bonds. The fraction of sp³-hybridized carbons (Fsp3) is 0.333. The Bertz CT molecular complexity index is 421. The normalized spacial score (nSPS) is 9.83. The number of hydrogen-bond acceptors (Lipinski definition) is 4. The number of ether oxygens (including phenoxy) is 1. The Kier molecular flexibility index (Phi) is 5.66. The van der Waals surface area contributed by atoms with Gasteiger partial charge in [-0.05, 0) is 18.1 Å². The molecule has 6 nitrogen and oxygen atoms in total. The summed E-state index contributed by atoms with van der Waals surface area (Å²) in [5.74, 6) is -0.468. The summed E-state index contributed by atoms with van der Waals surface area (Å²) in [6.07, 6.45) is 0.747. The van der Waals surface area contributed by atoms with Gasteiger partial charge in [-0.25, -0.2) is 4.79 Å². The number of imide groups is 1. The fourth-order valence-electron chi connectivity index (χ4n) is 1.48. The van der Waals surface area contributed by atoms with Crippen LogP contribution in [0.4, 0.5) is 10.5 Å². The third-order valence-electron chi connectivity index (χ3n) is 2.29. The molecule has 0 aliphatic carbocycles. The third kappa shape index (κ3) is 4.84. The van der Waals surface area contributed by atoms with Crippen LogP contribution in [-0.2, 0) is 16.0 Å². The predicted octanol–water partition coefficient (Wildman–Crippen LogP) is 0.482. The van der Waals surface area contributed by atoms with Gasteiger partial charge < -0.3 is 15.8 Å². The molecule has 18 heavy (non-hydrogen) atoms. The van der Waals surface area contributed by atoms with Crippen molar-refractivity contribution in [3.05, 3.63) is 29.8 Å². The van der Waals surface area contributed by atoms with Gasteiger partial charge in [0.2, 0.25) is 5.91 Å². The lowest BCUT2D eigenvalue weighted by Crippen LogP contribution is -2.38. The lowest BCUT2D eigenvalue weighted by Gasteiger charge is -2.11. The van der Waals surface area contributed by atoms with Gasteiger partial charge in [-0.2, -0.15) is 0 Å². The quantitative estimate of drug-likeness (QED) is 0.685. The number of hydrogen-bond donors (Lipinski definition) is 3. The highest BCUT2D eigenvalue weighted by Gasteiger charge is 2.06. The van der Waals surface area contributed by atoms with Crippen LogP contribution in [-0.4, -0.2) is 32.2 Å². The predicted molar refractivity (Wildman–Crippen MR) is 68.2 cm³/mol. The molecule has 4 N–H and O–H groups in total. The zero-order chi connectivity index (χ0) is 13.4. The Morgan fingerprint density at radius 2 is 2.06 bits per heavy atom. The fourth-order valence-corrected chi connectivity index (χ4v) is 1.48. The number of anilines is 1. The molecule has 0 aromatic heterocycles. The lowest BCUT2D eigenvalue weighted by molar-refractivity contribution is -0.118. The molecule has 0 bridgehead atoms. The molecule has 6 heteroatoms. The number of nitrogens with two attached hydrogens (primary N) is 1. The first kappa shape index (κ1) is 14.0. The maximum Gasteiger partial charge on any atom is 0.318 e. The van der Waals surface area contributed by atoms with E-state index in [2.05, 4.69) is 5.32 Å². The van der Waals surface area contributed by atoms with Crippen LogP contribution >= 0.6 is 0 Å². The molecule has 0 aliphatic heterocycles. The molecule has 0 saturated carbocycles. The number of para-hydroxylation sites is 1. The van der Waals surface area contributed by atoms with Crippen LogP contribution in [0.25, 0.3) is 0 Å². The number of rotatable bonds is 6. The van der Waals surface area contributed by atoms with E-state index in [-0.39, 0.29) is 6.54 Å². The second-order valence-electron chi connectivity index (χ2n) is 3.67. The number of amides is 3. The van der Waals surface area contributed by atoms with E-state index in [1.165, 1.54) is 0 Å². The topological polar surface area (TPSA) is 93.4 Å². The van der Waals surface area contributed by atoms with Crippen molar-refractivity contribution >= 4 is 17.6 Å². The van der Waals surface area contributed by atoms with Crippen molar-refractivity contribution < 1.29 is 14.3 Å². The molecule has 1 aromatic rings. The Hall–Kier alpha value is -2.08. The average molecular weight is 251 g/mol. The first-order valence-corrected chi connectivity index (χ1v) is 5.53. The highest BCUT2D eigenvalue weighted by molar-refractivity contribution is 5.95. The molecular formula is C12H17N3O3. The van der Waals surface area contributed by atoms with Crippen molar-refractivity contribution in [3.8, 4) is 0 Å². The molecule has 0 spiro atoms. The number of benzene rings is 1. The summed E-state index contributed by atoms with van der Waals surface area (Å²) >= 11 is 0. The molecule has 0 aliphatic rings.